The van der Waals surface area contributed by atoms with E-state index in [9.17, 15) is 9.59 Å². The first kappa shape index (κ1) is 22.8. The molecule has 132 valence electrons. The number of ether oxygens (including phenoxy) is 2. The fraction of sp³-hybridized carbons (Fsp3) is 0.875. The molecule has 22 heavy (non-hydrogen) atoms. The molecule has 2 saturated heterocycles. The molecule has 0 aromatic carbocycles. The third kappa shape index (κ3) is 9.47. The van der Waals surface area contributed by atoms with Crippen LogP contribution in [0.15, 0.2) is 0 Å². The topological polar surface area (TPSA) is 59.1 Å². The SMILES string of the molecule is CC.CCC.CCN1CC(C)OC1=O.CCN1CCOC1=O. The van der Waals surface area contributed by atoms with E-state index >= 15 is 0 Å². The predicted molar refractivity (Wildman–Crippen MR) is 89.1 cm³/mol. The van der Waals surface area contributed by atoms with Crippen molar-refractivity contribution in [1.29, 1.82) is 0 Å². The number of cyclic esters (lactones) is 2. The Balaban J connectivity index is 0. The number of amides is 2. The van der Waals surface area contributed by atoms with Crippen LogP contribution in [0.5, 0.6) is 0 Å². The largest absolute Gasteiger partial charge is 0.448 e. The molecule has 2 aliphatic rings. The molecular formula is C16H34N2O4. The van der Waals surface area contributed by atoms with Crippen molar-refractivity contribution in [3.63, 3.8) is 0 Å². The Kier molecular flexibility index (Phi) is 15.0. The van der Waals surface area contributed by atoms with Crippen molar-refractivity contribution in [2.24, 2.45) is 0 Å². The van der Waals surface area contributed by atoms with Gasteiger partial charge in [-0.2, -0.15) is 0 Å². The van der Waals surface area contributed by atoms with Crippen LogP contribution in [0.4, 0.5) is 9.59 Å². The van der Waals surface area contributed by atoms with Gasteiger partial charge < -0.3 is 19.3 Å². The minimum atomic E-state index is -0.176. The van der Waals surface area contributed by atoms with Crippen LogP contribution in [-0.2, 0) is 9.47 Å². The molecule has 0 aromatic heterocycles. The molecule has 0 saturated carbocycles. The summed E-state index contributed by atoms with van der Waals surface area (Å²) in [4.78, 5) is 24.6. The van der Waals surface area contributed by atoms with Crippen molar-refractivity contribution >= 4 is 12.2 Å². The lowest BCUT2D eigenvalue weighted by Gasteiger charge is -2.06. The predicted octanol–water partition coefficient (Wildman–Crippen LogP) is 3.75. The highest BCUT2D eigenvalue weighted by Crippen LogP contribution is 2.08. The van der Waals surface area contributed by atoms with Gasteiger partial charge in [0.2, 0.25) is 0 Å². The zero-order valence-corrected chi connectivity index (χ0v) is 15.3. The van der Waals surface area contributed by atoms with Crippen molar-refractivity contribution in [2.45, 2.75) is 61.0 Å². The summed E-state index contributed by atoms with van der Waals surface area (Å²) in [7, 11) is 0. The number of hydrogen-bond acceptors (Lipinski definition) is 4. The highest BCUT2D eigenvalue weighted by Gasteiger charge is 2.25. The van der Waals surface area contributed by atoms with Crippen molar-refractivity contribution in [1.82, 2.24) is 9.80 Å². The minimum Gasteiger partial charge on any atom is -0.448 e. The van der Waals surface area contributed by atoms with Crippen LogP contribution in [0.3, 0.4) is 0 Å². The average Bonchev–Trinajstić information content (AvgIpc) is 3.07. The van der Waals surface area contributed by atoms with Crippen LogP contribution >= 0.6 is 0 Å². The molecule has 1 unspecified atom stereocenters. The number of carbonyl (C=O) groups is 2. The van der Waals surface area contributed by atoms with Gasteiger partial charge in [0.1, 0.15) is 12.7 Å². The second-order valence-electron chi connectivity index (χ2n) is 4.63. The van der Waals surface area contributed by atoms with E-state index in [2.05, 4.69) is 18.6 Å². The first-order chi connectivity index (χ1) is 10.5. The molecule has 2 amide bonds. The average molecular weight is 318 g/mol. The van der Waals surface area contributed by atoms with Gasteiger partial charge in [-0.05, 0) is 20.8 Å². The Morgan fingerprint density at radius 2 is 1.50 bits per heavy atom. The fourth-order valence-electron chi connectivity index (χ4n) is 1.64. The molecule has 1 atom stereocenters. The Morgan fingerprint density at radius 3 is 1.68 bits per heavy atom. The monoisotopic (exact) mass is 318 g/mol. The zero-order chi connectivity index (χ0) is 17.5. The molecule has 2 heterocycles. The molecular weight excluding hydrogens is 284 g/mol. The Labute approximate surface area is 135 Å². The minimum absolute atomic E-state index is 0.0810. The fourth-order valence-corrected chi connectivity index (χ4v) is 1.64. The molecule has 2 fully saturated rings. The molecule has 2 rings (SSSR count). The van der Waals surface area contributed by atoms with E-state index in [1.54, 1.807) is 9.80 Å². The summed E-state index contributed by atoms with van der Waals surface area (Å²) in [5.41, 5.74) is 0. The second-order valence-corrected chi connectivity index (χ2v) is 4.63. The van der Waals surface area contributed by atoms with Crippen LogP contribution in [0.1, 0.15) is 54.9 Å². The summed E-state index contributed by atoms with van der Waals surface area (Å²) in [6.45, 7) is 17.6. The molecule has 0 N–H and O–H groups in total. The number of rotatable bonds is 2. The van der Waals surface area contributed by atoms with E-state index in [0.29, 0.717) is 6.61 Å². The van der Waals surface area contributed by atoms with E-state index in [0.717, 1.165) is 26.2 Å². The van der Waals surface area contributed by atoms with Crippen molar-refractivity contribution in [3.05, 3.63) is 0 Å². The summed E-state index contributed by atoms with van der Waals surface area (Å²) in [5.74, 6) is 0. The van der Waals surface area contributed by atoms with Crippen LogP contribution < -0.4 is 0 Å². The standard InChI is InChI=1S/C6H11NO2.C5H9NO2.C3H8.C2H6/c1-3-7-4-5(2)9-6(7)8;1-2-6-3-4-8-5(6)7;1-3-2;1-2/h5H,3-4H2,1-2H3;2-4H2,1H3;3H2,1-2H3;1-2H3. The Bertz CT molecular complexity index is 298. The number of nitrogens with zero attached hydrogens (tertiary/aromatic N) is 2. The highest BCUT2D eigenvalue weighted by molar-refractivity contribution is 5.69. The number of likely N-dealkylation sites (N-methyl/N-ethyl adjacent to an activating group) is 2. The summed E-state index contributed by atoms with van der Waals surface area (Å²) in [6.07, 6.45) is 0.981. The molecule has 0 aromatic rings. The second kappa shape index (κ2) is 14.5. The van der Waals surface area contributed by atoms with E-state index in [1.807, 2.05) is 34.6 Å². The molecule has 6 heteroatoms. The maximum absolute atomic E-state index is 10.7. The lowest BCUT2D eigenvalue weighted by molar-refractivity contribution is 0.139. The number of hydrogen-bond donors (Lipinski definition) is 0. The summed E-state index contributed by atoms with van der Waals surface area (Å²) >= 11 is 0. The van der Waals surface area contributed by atoms with Crippen LogP contribution in [0.2, 0.25) is 0 Å². The zero-order valence-electron chi connectivity index (χ0n) is 15.3. The normalized spacial score (nSPS) is 19.0. The van der Waals surface area contributed by atoms with Crippen molar-refractivity contribution in [2.75, 3.05) is 32.8 Å². The van der Waals surface area contributed by atoms with Gasteiger partial charge in [0.05, 0.1) is 13.1 Å². The van der Waals surface area contributed by atoms with Gasteiger partial charge in [0.25, 0.3) is 0 Å². The maximum atomic E-state index is 10.7. The molecule has 2 aliphatic heterocycles. The third-order valence-corrected chi connectivity index (χ3v) is 2.65. The van der Waals surface area contributed by atoms with Gasteiger partial charge in [-0.25, -0.2) is 9.59 Å². The smallest absolute Gasteiger partial charge is 0.410 e. The quantitative estimate of drug-likeness (QED) is 0.778. The van der Waals surface area contributed by atoms with E-state index in [-0.39, 0.29) is 18.3 Å². The molecule has 0 aliphatic carbocycles. The van der Waals surface area contributed by atoms with Gasteiger partial charge in [-0.15, -0.1) is 0 Å². The molecule has 0 radical (unpaired) electrons. The van der Waals surface area contributed by atoms with Crippen molar-refractivity contribution < 1.29 is 19.1 Å². The first-order valence-corrected chi connectivity index (χ1v) is 8.37. The van der Waals surface area contributed by atoms with E-state index < -0.39 is 0 Å². The van der Waals surface area contributed by atoms with Gasteiger partial charge in [0, 0.05) is 13.1 Å². The van der Waals surface area contributed by atoms with E-state index in [4.69, 9.17) is 4.74 Å². The number of carbonyl (C=O) groups excluding carboxylic acids is 2. The summed E-state index contributed by atoms with van der Waals surface area (Å²) < 4.78 is 9.50. The third-order valence-electron chi connectivity index (χ3n) is 2.65. The lowest BCUT2D eigenvalue weighted by Crippen LogP contribution is -2.23. The van der Waals surface area contributed by atoms with Crippen LogP contribution in [-0.4, -0.2) is 60.9 Å². The Morgan fingerprint density at radius 1 is 1.00 bits per heavy atom. The highest BCUT2D eigenvalue weighted by atomic mass is 16.6. The summed E-state index contributed by atoms with van der Waals surface area (Å²) in [5, 5.41) is 0. The van der Waals surface area contributed by atoms with Gasteiger partial charge in [-0.1, -0.05) is 34.1 Å². The molecule has 6 nitrogen and oxygen atoms in total. The van der Waals surface area contributed by atoms with Gasteiger partial charge in [-0.3, -0.25) is 0 Å². The van der Waals surface area contributed by atoms with E-state index in [1.165, 1.54) is 6.42 Å². The van der Waals surface area contributed by atoms with Crippen LogP contribution in [0.25, 0.3) is 0 Å². The summed E-state index contributed by atoms with van der Waals surface area (Å²) in [6, 6.07) is 0. The molecule has 0 bridgehead atoms. The lowest BCUT2D eigenvalue weighted by atomic mass is 10.4. The molecule has 0 spiro atoms. The van der Waals surface area contributed by atoms with Crippen molar-refractivity contribution in [3.8, 4) is 0 Å². The van der Waals surface area contributed by atoms with Gasteiger partial charge >= 0.3 is 12.2 Å². The van der Waals surface area contributed by atoms with Gasteiger partial charge in [0.15, 0.2) is 0 Å². The van der Waals surface area contributed by atoms with Crippen LogP contribution in [0, 0.1) is 0 Å². The Hall–Kier alpha value is -1.46. The first-order valence-electron chi connectivity index (χ1n) is 8.37. The maximum Gasteiger partial charge on any atom is 0.410 e.